The van der Waals surface area contributed by atoms with E-state index in [0.717, 1.165) is 16.3 Å². The molecule has 0 saturated carbocycles. The first-order chi connectivity index (χ1) is 15.5. The summed E-state index contributed by atoms with van der Waals surface area (Å²) in [4.78, 5) is 28.1. The number of amides is 1. The van der Waals surface area contributed by atoms with Crippen molar-refractivity contribution in [2.75, 3.05) is 4.90 Å². The first-order valence-corrected chi connectivity index (χ1v) is 10.7. The van der Waals surface area contributed by atoms with Crippen LogP contribution in [0.1, 0.15) is 27.9 Å². The van der Waals surface area contributed by atoms with E-state index in [0.29, 0.717) is 21.8 Å². The van der Waals surface area contributed by atoms with Crippen molar-refractivity contribution < 1.29 is 14.7 Å². The Hall–Kier alpha value is -3.47. The molecule has 1 atom stereocenters. The Bertz CT molecular complexity index is 1350. The van der Waals surface area contributed by atoms with Crippen LogP contribution in [0.2, 0.25) is 5.02 Å². The normalized spacial score (nSPS) is 17.6. The maximum absolute atomic E-state index is 13.4. The highest BCUT2D eigenvalue weighted by molar-refractivity contribution is 6.30. The summed E-state index contributed by atoms with van der Waals surface area (Å²) in [5, 5.41) is 14.1. The molecule has 5 heteroatoms. The van der Waals surface area contributed by atoms with Crippen LogP contribution in [-0.4, -0.2) is 16.8 Å². The van der Waals surface area contributed by atoms with E-state index in [2.05, 4.69) is 0 Å². The number of hydrogen-bond acceptors (Lipinski definition) is 3. The highest BCUT2D eigenvalue weighted by Crippen LogP contribution is 2.43. The van der Waals surface area contributed by atoms with E-state index < -0.39 is 11.5 Å². The second kappa shape index (κ2) is 7.90. The van der Waals surface area contributed by atoms with Gasteiger partial charge in [0.15, 0.2) is 11.4 Å². The Morgan fingerprint density at radius 2 is 1.56 bits per heavy atom. The number of nitrogens with zero attached hydrogens (tertiary/aromatic N) is 1. The summed E-state index contributed by atoms with van der Waals surface area (Å²) in [6, 6.07) is 27.5. The molecule has 0 saturated heterocycles. The van der Waals surface area contributed by atoms with Gasteiger partial charge < -0.3 is 10.0 Å². The smallest absolute Gasteiger partial charge is 0.264 e. The zero-order valence-corrected chi connectivity index (χ0v) is 17.9. The fourth-order valence-corrected chi connectivity index (χ4v) is 4.43. The van der Waals surface area contributed by atoms with Gasteiger partial charge in [0.1, 0.15) is 0 Å². The number of benzene rings is 4. The number of halogens is 1. The molecule has 0 aliphatic carbocycles. The quantitative estimate of drug-likeness (QED) is 0.416. The molecule has 1 heterocycles. The highest BCUT2D eigenvalue weighted by Gasteiger charge is 2.50. The number of carbonyl (C=O) groups excluding carboxylic acids is 2. The molecule has 1 aliphatic rings. The number of rotatable bonds is 5. The predicted molar refractivity (Wildman–Crippen MR) is 126 cm³/mol. The van der Waals surface area contributed by atoms with Gasteiger partial charge in [0.25, 0.3) is 5.91 Å². The van der Waals surface area contributed by atoms with Gasteiger partial charge in [-0.05, 0) is 40.6 Å². The number of carbonyl (C=O) groups is 2. The third-order valence-electron chi connectivity index (χ3n) is 5.98. The van der Waals surface area contributed by atoms with E-state index in [1.165, 1.54) is 4.90 Å². The minimum atomic E-state index is -1.91. The molecule has 32 heavy (non-hydrogen) atoms. The van der Waals surface area contributed by atoms with Gasteiger partial charge >= 0.3 is 0 Å². The number of Topliss-reactive ketones (excluding diaryl/α,β-unsaturated/α-hetero) is 1. The lowest BCUT2D eigenvalue weighted by Crippen LogP contribution is -2.41. The van der Waals surface area contributed by atoms with Crippen molar-refractivity contribution in [1.29, 1.82) is 0 Å². The molecule has 0 aromatic heterocycles. The molecule has 0 bridgehead atoms. The predicted octanol–water partition coefficient (Wildman–Crippen LogP) is 5.50. The van der Waals surface area contributed by atoms with Crippen LogP contribution < -0.4 is 4.90 Å². The topological polar surface area (TPSA) is 57.6 Å². The van der Waals surface area contributed by atoms with Crippen LogP contribution in [0, 0.1) is 0 Å². The largest absolute Gasteiger partial charge is 0.375 e. The fourth-order valence-electron chi connectivity index (χ4n) is 4.30. The molecule has 1 amide bonds. The van der Waals surface area contributed by atoms with E-state index in [1.54, 1.807) is 42.5 Å². The Morgan fingerprint density at radius 3 is 2.34 bits per heavy atom. The van der Waals surface area contributed by atoms with Gasteiger partial charge in [0.2, 0.25) is 0 Å². The van der Waals surface area contributed by atoms with E-state index in [9.17, 15) is 14.7 Å². The Balaban J connectivity index is 1.47. The molecule has 0 unspecified atom stereocenters. The average molecular weight is 442 g/mol. The lowest BCUT2D eigenvalue weighted by Gasteiger charge is -2.23. The molecular weight excluding hydrogens is 422 g/mol. The molecule has 1 N–H and O–H groups in total. The molecule has 4 aromatic carbocycles. The Kier molecular flexibility index (Phi) is 5.04. The zero-order valence-electron chi connectivity index (χ0n) is 17.2. The summed E-state index contributed by atoms with van der Waals surface area (Å²) in [6.07, 6.45) is -0.321. The van der Waals surface area contributed by atoms with Gasteiger partial charge in [0, 0.05) is 16.1 Å². The first kappa shape index (κ1) is 20.4. The standard InChI is InChI=1S/C27H20ClNO3/c28-22-13-9-18(10-14-22)17-29-24-8-4-3-7-23(24)27(32,26(29)31)16-25(30)21-12-11-19-5-1-2-6-20(19)15-21/h1-15,32H,16-17H2/t27-/m1/s1. The van der Waals surface area contributed by atoms with Crippen molar-refractivity contribution in [3.05, 3.63) is 113 Å². The lowest BCUT2D eigenvalue weighted by atomic mass is 9.88. The molecule has 4 aromatic rings. The van der Waals surface area contributed by atoms with Crippen molar-refractivity contribution >= 4 is 39.8 Å². The van der Waals surface area contributed by atoms with Crippen molar-refractivity contribution in [3.8, 4) is 0 Å². The van der Waals surface area contributed by atoms with Crippen molar-refractivity contribution in [2.24, 2.45) is 0 Å². The molecule has 4 nitrogen and oxygen atoms in total. The molecule has 0 fully saturated rings. The van der Waals surface area contributed by atoms with Gasteiger partial charge in [-0.15, -0.1) is 0 Å². The summed E-state index contributed by atoms with van der Waals surface area (Å²) < 4.78 is 0. The van der Waals surface area contributed by atoms with E-state index in [4.69, 9.17) is 11.6 Å². The summed E-state index contributed by atoms with van der Waals surface area (Å²) in [7, 11) is 0. The van der Waals surface area contributed by atoms with Crippen LogP contribution >= 0.6 is 11.6 Å². The second-order valence-corrected chi connectivity index (χ2v) is 8.49. The van der Waals surface area contributed by atoms with Gasteiger partial charge in [-0.25, -0.2) is 0 Å². The van der Waals surface area contributed by atoms with Crippen molar-refractivity contribution in [1.82, 2.24) is 0 Å². The average Bonchev–Trinajstić information content (AvgIpc) is 3.02. The number of fused-ring (bicyclic) bond motifs is 2. The van der Waals surface area contributed by atoms with Crippen LogP contribution in [0.15, 0.2) is 91.0 Å². The van der Waals surface area contributed by atoms with Crippen LogP contribution in [-0.2, 0) is 16.9 Å². The highest BCUT2D eigenvalue weighted by atomic mass is 35.5. The monoisotopic (exact) mass is 441 g/mol. The second-order valence-electron chi connectivity index (χ2n) is 8.06. The van der Waals surface area contributed by atoms with Crippen molar-refractivity contribution in [2.45, 2.75) is 18.6 Å². The third-order valence-corrected chi connectivity index (χ3v) is 6.23. The zero-order chi connectivity index (χ0) is 22.3. The SMILES string of the molecule is O=C(C[C@]1(O)C(=O)N(Cc2ccc(Cl)cc2)c2ccccc21)c1ccc2ccccc2c1. The van der Waals surface area contributed by atoms with Crippen LogP contribution in [0.5, 0.6) is 0 Å². The van der Waals surface area contributed by atoms with E-state index in [-0.39, 0.29) is 18.7 Å². The number of para-hydroxylation sites is 1. The van der Waals surface area contributed by atoms with Gasteiger partial charge in [-0.2, -0.15) is 0 Å². The van der Waals surface area contributed by atoms with Crippen molar-refractivity contribution in [3.63, 3.8) is 0 Å². The third kappa shape index (κ3) is 3.48. The van der Waals surface area contributed by atoms with Crippen LogP contribution in [0.25, 0.3) is 10.8 Å². The molecule has 1 aliphatic heterocycles. The molecule has 0 spiro atoms. The van der Waals surface area contributed by atoms with Gasteiger partial charge in [0.05, 0.1) is 18.7 Å². The summed E-state index contributed by atoms with van der Waals surface area (Å²) in [5.41, 5.74) is 0.502. The minimum Gasteiger partial charge on any atom is -0.375 e. The number of hydrogen-bond donors (Lipinski definition) is 1. The van der Waals surface area contributed by atoms with E-state index >= 15 is 0 Å². The fraction of sp³-hybridized carbons (Fsp3) is 0.111. The first-order valence-electron chi connectivity index (χ1n) is 10.4. The molecule has 158 valence electrons. The summed E-state index contributed by atoms with van der Waals surface area (Å²) in [5.74, 6) is -0.780. The van der Waals surface area contributed by atoms with Crippen LogP contribution in [0.4, 0.5) is 5.69 Å². The van der Waals surface area contributed by atoms with E-state index in [1.807, 2.05) is 48.5 Å². The maximum Gasteiger partial charge on any atom is 0.264 e. The minimum absolute atomic E-state index is 0.277. The van der Waals surface area contributed by atoms with Gasteiger partial charge in [-0.3, -0.25) is 9.59 Å². The number of ketones is 1. The summed E-state index contributed by atoms with van der Waals surface area (Å²) in [6.45, 7) is 0.277. The Labute approximate surface area is 190 Å². The Morgan fingerprint density at radius 1 is 0.875 bits per heavy atom. The van der Waals surface area contributed by atoms with Crippen LogP contribution in [0.3, 0.4) is 0 Å². The summed E-state index contributed by atoms with van der Waals surface area (Å²) >= 11 is 5.98. The van der Waals surface area contributed by atoms with Gasteiger partial charge in [-0.1, -0.05) is 78.3 Å². The molecule has 0 radical (unpaired) electrons. The maximum atomic E-state index is 13.4. The molecular formula is C27H20ClNO3. The lowest BCUT2D eigenvalue weighted by molar-refractivity contribution is -0.136. The number of anilines is 1. The molecule has 5 rings (SSSR count). The number of aliphatic hydroxyl groups is 1.